The molecule has 18 heteroatoms. The second-order valence-electron chi connectivity index (χ2n) is 18.5. The Labute approximate surface area is 356 Å². The highest BCUT2D eigenvalue weighted by Gasteiger charge is 2.33. The van der Waals surface area contributed by atoms with Gasteiger partial charge in [0, 0.05) is 19.4 Å². The average Bonchev–Trinajstić information content (AvgIpc) is 3.05. The summed E-state index contributed by atoms with van der Waals surface area (Å²) in [5.41, 5.74) is -2.24. The van der Waals surface area contributed by atoms with Crippen molar-refractivity contribution in [3.05, 3.63) is 47.5 Å². The van der Waals surface area contributed by atoms with Crippen LogP contribution in [-0.4, -0.2) is 94.5 Å². The van der Waals surface area contributed by atoms with E-state index in [0.29, 0.717) is 16.7 Å². The van der Waals surface area contributed by atoms with Gasteiger partial charge in [0.25, 0.3) is 0 Å². The molecule has 336 valence electrons. The zero-order valence-corrected chi connectivity index (χ0v) is 37.0. The maximum absolute atomic E-state index is 14.3. The van der Waals surface area contributed by atoms with Crippen LogP contribution in [0.25, 0.3) is 11.1 Å². The van der Waals surface area contributed by atoms with E-state index in [1.54, 1.807) is 101 Å². The van der Waals surface area contributed by atoms with E-state index in [4.69, 9.17) is 28.4 Å². The molecule has 4 amide bonds. The van der Waals surface area contributed by atoms with Crippen molar-refractivity contribution in [2.45, 2.75) is 149 Å². The maximum atomic E-state index is 14.3. The number of hydrogen-bond donors (Lipinski definition) is 5. The minimum absolute atomic E-state index is 0.0158. The van der Waals surface area contributed by atoms with Crippen LogP contribution in [0.5, 0.6) is 11.5 Å². The Bertz CT molecular complexity index is 1950. The van der Waals surface area contributed by atoms with Crippen LogP contribution in [0.2, 0.25) is 0 Å². The zero-order valence-electron chi connectivity index (χ0n) is 37.0. The van der Waals surface area contributed by atoms with Crippen molar-refractivity contribution in [3.63, 3.8) is 0 Å². The van der Waals surface area contributed by atoms with Gasteiger partial charge in [-0.25, -0.2) is 24.0 Å². The summed E-state index contributed by atoms with van der Waals surface area (Å²) in [7, 11) is 0. The molecule has 2 aromatic rings. The number of alkyl carbamates (subject to hydrolysis) is 2. The molecule has 3 rings (SSSR count). The van der Waals surface area contributed by atoms with Gasteiger partial charge < -0.3 is 54.8 Å². The van der Waals surface area contributed by atoms with Crippen molar-refractivity contribution in [2.24, 2.45) is 0 Å². The number of amides is 4. The summed E-state index contributed by atoms with van der Waals surface area (Å²) >= 11 is 0. The SMILES string of the molecule is CC(C)(C)OC(=O)NCCC[C@@H]1NC(=O)[C@@H](NC(=O)OC(C)(C)C)Cc2cc(ccc2OC(=O)OC(C)(C)C)-c2cc(cc(OC(=O)OC(C)(C)C)c2)C[C@@H](C(=O)O)NC1=O. The molecule has 0 fully saturated rings. The van der Waals surface area contributed by atoms with Gasteiger partial charge in [0.05, 0.1) is 0 Å². The van der Waals surface area contributed by atoms with E-state index in [2.05, 4.69) is 21.3 Å². The van der Waals surface area contributed by atoms with Crippen molar-refractivity contribution in [1.29, 1.82) is 0 Å². The number of fused-ring (bicyclic) bond motifs is 5. The van der Waals surface area contributed by atoms with E-state index >= 15 is 0 Å². The summed E-state index contributed by atoms with van der Waals surface area (Å²) in [4.78, 5) is 92.3. The highest BCUT2D eigenvalue weighted by Crippen LogP contribution is 2.33. The van der Waals surface area contributed by atoms with Gasteiger partial charge >= 0.3 is 30.5 Å². The Morgan fingerprint density at radius 2 is 1.25 bits per heavy atom. The number of hydrogen-bond acceptors (Lipinski definition) is 13. The molecular weight excluding hydrogens is 796 g/mol. The molecule has 61 heavy (non-hydrogen) atoms. The van der Waals surface area contributed by atoms with Gasteiger partial charge in [0.2, 0.25) is 11.8 Å². The van der Waals surface area contributed by atoms with Crippen LogP contribution in [0.1, 0.15) is 107 Å². The van der Waals surface area contributed by atoms with Gasteiger partial charge in [0.15, 0.2) is 0 Å². The lowest BCUT2D eigenvalue weighted by Crippen LogP contribution is -2.56. The molecule has 1 aliphatic heterocycles. The van der Waals surface area contributed by atoms with Crippen LogP contribution in [-0.2, 0) is 46.2 Å². The van der Waals surface area contributed by atoms with Gasteiger partial charge in [-0.3, -0.25) is 9.59 Å². The van der Waals surface area contributed by atoms with E-state index in [1.807, 2.05) is 0 Å². The molecule has 0 spiro atoms. The van der Waals surface area contributed by atoms with Crippen LogP contribution in [0.15, 0.2) is 36.4 Å². The predicted octanol–water partition coefficient (Wildman–Crippen LogP) is 6.33. The van der Waals surface area contributed by atoms with Gasteiger partial charge in [0.1, 0.15) is 52.0 Å². The molecule has 2 aromatic carbocycles. The summed E-state index contributed by atoms with van der Waals surface area (Å²) in [6.07, 6.45) is -4.43. The van der Waals surface area contributed by atoms with Gasteiger partial charge in [-0.15, -0.1) is 0 Å². The molecule has 0 saturated carbocycles. The first-order valence-corrected chi connectivity index (χ1v) is 19.8. The minimum atomic E-state index is -1.56. The van der Waals surface area contributed by atoms with Crippen molar-refractivity contribution in [1.82, 2.24) is 21.3 Å². The Kier molecular flexibility index (Phi) is 16.2. The van der Waals surface area contributed by atoms with E-state index in [0.717, 1.165) is 0 Å². The molecule has 1 heterocycles. The molecule has 5 N–H and O–H groups in total. The number of carbonyl (C=O) groups excluding carboxylic acids is 6. The van der Waals surface area contributed by atoms with Gasteiger partial charge in [-0.05, 0) is 142 Å². The summed E-state index contributed by atoms with van der Waals surface area (Å²) in [6.45, 7) is 19.9. The molecule has 18 nitrogen and oxygen atoms in total. The third-order valence-corrected chi connectivity index (χ3v) is 7.99. The molecule has 0 radical (unpaired) electrons. The van der Waals surface area contributed by atoms with Crippen molar-refractivity contribution in [3.8, 4) is 22.6 Å². The van der Waals surface area contributed by atoms with E-state index in [-0.39, 0.29) is 49.3 Å². The fraction of sp³-hybridized carbons (Fsp3) is 0.558. The number of carboxylic acids is 1. The van der Waals surface area contributed by atoms with Crippen LogP contribution in [0, 0.1) is 0 Å². The van der Waals surface area contributed by atoms with Crippen molar-refractivity contribution < 1.29 is 67.1 Å². The first kappa shape index (κ1) is 49.3. The second kappa shape index (κ2) is 20.0. The lowest BCUT2D eigenvalue weighted by atomic mass is 9.95. The number of aliphatic carboxylic acids is 1. The quantitative estimate of drug-likeness (QED) is 0.0843. The standard InChI is InChI=1S/C43H60N4O14/c1-40(2,3)58-36(52)44-17-13-14-29-33(48)46-31(35(50)51)20-24-18-26(22-28(19-24)56-38(54)60-42(7,8)9)25-15-16-32(57-39(55)61-43(10,11)12)27(21-25)23-30(34(49)45-29)47-37(53)59-41(4,5)6/h15-16,18-19,21-22,29-31H,13-14,17,20,23H2,1-12H3,(H,44,52)(H,45,49)(H,46,48)(H,47,53)(H,50,51)/t29-,30-,31-/m0/s1. The van der Waals surface area contributed by atoms with Crippen LogP contribution in [0.3, 0.4) is 0 Å². The van der Waals surface area contributed by atoms with Crippen molar-refractivity contribution >= 4 is 42.3 Å². The molecule has 1 aliphatic rings. The fourth-order valence-electron chi connectivity index (χ4n) is 5.69. The lowest BCUT2D eigenvalue weighted by molar-refractivity contribution is -0.142. The van der Waals surface area contributed by atoms with E-state index in [1.165, 1.54) is 18.2 Å². The third-order valence-electron chi connectivity index (χ3n) is 7.99. The van der Waals surface area contributed by atoms with Crippen LogP contribution in [0.4, 0.5) is 19.2 Å². The number of rotatable bonds is 8. The molecule has 3 atom stereocenters. The summed E-state index contributed by atoms with van der Waals surface area (Å²) in [6, 6.07) is 4.70. The fourth-order valence-corrected chi connectivity index (χ4v) is 5.69. The first-order chi connectivity index (χ1) is 27.9. The third kappa shape index (κ3) is 18.0. The number of nitrogens with one attached hydrogen (secondary N) is 4. The monoisotopic (exact) mass is 856 g/mol. The molecule has 0 unspecified atom stereocenters. The molecule has 0 aromatic heterocycles. The number of benzene rings is 2. The summed E-state index contributed by atoms with van der Waals surface area (Å²) in [5.74, 6) is -3.24. The summed E-state index contributed by atoms with van der Waals surface area (Å²) in [5, 5.41) is 20.6. The Hall–Kier alpha value is -6.07. The number of ether oxygens (including phenoxy) is 6. The summed E-state index contributed by atoms with van der Waals surface area (Å²) < 4.78 is 32.6. The molecule has 0 aliphatic carbocycles. The van der Waals surface area contributed by atoms with Crippen LogP contribution < -0.4 is 30.7 Å². The Morgan fingerprint density at radius 1 is 0.672 bits per heavy atom. The van der Waals surface area contributed by atoms with Crippen LogP contribution >= 0.6 is 0 Å². The Morgan fingerprint density at radius 3 is 1.82 bits per heavy atom. The smallest absolute Gasteiger partial charge is 0.480 e. The largest absolute Gasteiger partial charge is 0.514 e. The van der Waals surface area contributed by atoms with Gasteiger partial charge in [-0.2, -0.15) is 0 Å². The topological polar surface area (TPSA) is 243 Å². The normalized spacial score (nSPS) is 17.5. The second-order valence-corrected chi connectivity index (χ2v) is 18.5. The van der Waals surface area contributed by atoms with E-state index < -0.39 is 82.8 Å². The highest BCUT2D eigenvalue weighted by atomic mass is 16.7. The highest BCUT2D eigenvalue weighted by molar-refractivity contribution is 5.93. The zero-order chi connectivity index (χ0) is 46.1. The first-order valence-electron chi connectivity index (χ1n) is 19.8. The molecular formula is C43H60N4O14. The van der Waals surface area contributed by atoms with Crippen molar-refractivity contribution in [2.75, 3.05) is 6.54 Å². The molecule has 0 saturated heterocycles. The number of carboxylic acid groups (broad SMARTS) is 1. The van der Waals surface area contributed by atoms with E-state index in [9.17, 15) is 38.7 Å². The minimum Gasteiger partial charge on any atom is -0.480 e. The lowest BCUT2D eigenvalue weighted by Gasteiger charge is -2.26. The number of carbonyl (C=O) groups is 7. The molecule has 4 bridgehead atoms. The maximum Gasteiger partial charge on any atom is 0.514 e. The predicted molar refractivity (Wildman–Crippen MR) is 221 cm³/mol. The Balaban J connectivity index is 2.23. The average molecular weight is 857 g/mol. The van der Waals surface area contributed by atoms with Gasteiger partial charge in [-0.1, -0.05) is 12.1 Å².